The van der Waals surface area contributed by atoms with Gasteiger partial charge in [-0.15, -0.1) is 0 Å². The highest BCUT2D eigenvalue weighted by molar-refractivity contribution is 9.10. The highest BCUT2D eigenvalue weighted by Crippen LogP contribution is 2.48. The molecule has 0 aliphatic carbocycles. The molecule has 1 N–H and O–H groups in total. The van der Waals surface area contributed by atoms with Gasteiger partial charge in [0.25, 0.3) is 5.60 Å². The third-order valence-electron chi connectivity index (χ3n) is 5.64. The number of halogens is 2. The minimum absolute atomic E-state index is 0.0375. The van der Waals surface area contributed by atoms with E-state index in [1.807, 2.05) is 18.2 Å². The molecular weight excluding hydrogens is 545 g/mol. The van der Waals surface area contributed by atoms with E-state index in [0.29, 0.717) is 10.0 Å². The van der Waals surface area contributed by atoms with Crippen molar-refractivity contribution in [2.75, 3.05) is 0 Å². The van der Waals surface area contributed by atoms with Crippen molar-refractivity contribution in [1.82, 2.24) is 5.32 Å². The smallest absolute Gasteiger partial charge is 0.408 e. The van der Waals surface area contributed by atoms with E-state index >= 15 is 0 Å². The second kappa shape index (κ2) is 10.3. The number of hydrogen-bond acceptors (Lipinski definition) is 6. The Bertz CT molecular complexity index is 1320. The van der Waals surface area contributed by atoms with Crippen LogP contribution in [0, 0.1) is 5.82 Å². The summed E-state index contributed by atoms with van der Waals surface area (Å²) in [6, 6.07) is 17.6. The van der Waals surface area contributed by atoms with Gasteiger partial charge in [0.15, 0.2) is 0 Å². The fraction of sp³-hybridized carbons (Fsp3) is 0.250. The monoisotopic (exact) mass is 569 g/mol. The minimum Gasteiger partial charge on any atom is -0.457 e. The third-order valence-corrected chi connectivity index (χ3v) is 6.14. The zero-order valence-corrected chi connectivity index (χ0v) is 22.0. The van der Waals surface area contributed by atoms with E-state index in [1.165, 1.54) is 30.3 Å². The molecule has 9 heteroatoms. The standard InChI is InChI=1S/C28H25BrFNO6/c1-27(2,3)37-25(33)28(22-15-19(29)11-14-21(22)24(32)36-28)23(18-9-12-20(30)13-10-18)31-26(34)35-16-17-7-5-4-6-8-17/h4-15,23H,16H2,1-3H3,(H,31,34)/t23-,28+/m0/s1. The summed E-state index contributed by atoms with van der Waals surface area (Å²) in [6.45, 7) is 4.98. The first-order valence-electron chi connectivity index (χ1n) is 11.5. The lowest BCUT2D eigenvalue weighted by Gasteiger charge is -2.37. The van der Waals surface area contributed by atoms with Crippen LogP contribution < -0.4 is 5.32 Å². The fourth-order valence-corrected chi connectivity index (χ4v) is 4.41. The molecule has 3 aromatic carbocycles. The maximum Gasteiger partial charge on any atom is 0.408 e. The average Bonchev–Trinajstić information content (AvgIpc) is 3.14. The largest absolute Gasteiger partial charge is 0.457 e. The van der Waals surface area contributed by atoms with Crippen LogP contribution in [0.5, 0.6) is 0 Å². The summed E-state index contributed by atoms with van der Waals surface area (Å²) < 4.78 is 31.3. The Kier molecular flexibility index (Phi) is 7.36. The van der Waals surface area contributed by atoms with Gasteiger partial charge in [-0.05, 0) is 62.2 Å². The summed E-state index contributed by atoms with van der Waals surface area (Å²) in [4.78, 5) is 39.9. The molecule has 2 atom stereocenters. The number of amides is 1. The molecule has 1 aliphatic heterocycles. The Labute approximate surface area is 222 Å². The van der Waals surface area contributed by atoms with Crippen LogP contribution in [0.3, 0.4) is 0 Å². The third kappa shape index (κ3) is 5.67. The van der Waals surface area contributed by atoms with Crippen LogP contribution in [0.4, 0.5) is 9.18 Å². The molecule has 192 valence electrons. The molecule has 4 rings (SSSR count). The second-order valence-electron chi connectivity index (χ2n) is 9.51. The molecule has 0 fully saturated rings. The highest BCUT2D eigenvalue weighted by Gasteiger charge is 2.60. The molecule has 0 spiro atoms. The van der Waals surface area contributed by atoms with Gasteiger partial charge < -0.3 is 19.5 Å². The van der Waals surface area contributed by atoms with Gasteiger partial charge in [-0.1, -0.05) is 58.4 Å². The molecule has 1 amide bonds. The second-order valence-corrected chi connectivity index (χ2v) is 10.4. The molecule has 0 aromatic heterocycles. The summed E-state index contributed by atoms with van der Waals surface area (Å²) in [5.74, 6) is -2.19. The van der Waals surface area contributed by atoms with Crippen LogP contribution in [0.15, 0.2) is 77.3 Å². The number of benzene rings is 3. The van der Waals surface area contributed by atoms with E-state index in [9.17, 15) is 18.8 Å². The van der Waals surface area contributed by atoms with Gasteiger partial charge in [0.05, 0.1) is 5.56 Å². The molecule has 0 bridgehead atoms. The number of cyclic esters (lactones) is 1. The first-order valence-corrected chi connectivity index (χ1v) is 12.3. The number of carbonyl (C=O) groups is 3. The van der Waals surface area contributed by atoms with E-state index in [2.05, 4.69) is 21.2 Å². The van der Waals surface area contributed by atoms with Gasteiger partial charge in [-0.25, -0.2) is 18.8 Å². The number of alkyl carbamates (subject to hydrolysis) is 1. The van der Waals surface area contributed by atoms with E-state index in [-0.39, 0.29) is 17.7 Å². The Morgan fingerprint density at radius 1 is 1.05 bits per heavy atom. The van der Waals surface area contributed by atoms with Crippen molar-refractivity contribution in [3.63, 3.8) is 0 Å². The van der Waals surface area contributed by atoms with E-state index in [0.717, 1.165) is 5.56 Å². The molecule has 0 saturated heterocycles. The number of fused-ring (bicyclic) bond motifs is 1. The number of rotatable bonds is 6. The SMILES string of the molecule is CC(C)(C)OC(=O)[C@@]1([C@@H](NC(=O)OCc2ccccc2)c2ccc(F)cc2)OC(=O)c2ccc(Br)cc21. The number of nitrogens with one attached hydrogen (secondary N) is 1. The predicted octanol–water partition coefficient (Wildman–Crippen LogP) is 5.96. The summed E-state index contributed by atoms with van der Waals surface area (Å²) >= 11 is 3.38. The van der Waals surface area contributed by atoms with Gasteiger partial charge >= 0.3 is 18.0 Å². The molecule has 1 heterocycles. The maximum atomic E-state index is 13.9. The van der Waals surface area contributed by atoms with Crippen LogP contribution in [0.25, 0.3) is 0 Å². The lowest BCUT2D eigenvalue weighted by molar-refractivity contribution is -0.181. The number of esters is 2. The Morgan fingerprint density at radius 2 is 1.73 bits per heavy atom. The Hall–Kier alpha value is -3.72. The fourth-order valence-electron chi connectivity index (χ4n) is 4.05. The topological polar surface area (TPSA) is 90.9 Å². The summed E-state index contributed by atoms with van der Waals surface area (Å²) in [7, 11) is 0. The highest BCUT2D eigenvalue weighted by atomic mass is 79.9. The van der Waals surface area contributed by atoms with Crippen LogP contribution in [-0.2, 0) is 31.2 Å². The number of hydrogen-bond donors (Lipinski definition) is 1. The van der Waals surface area contributed by atoms with Gasteiger partial charge in [0.1, 0.15) is 24.1 Å². The molecule has 3 aromatic rings. The van der Waals surface area contributed by atoms with Crippen molar-refractivity contribution in [2.45, 2.75) is 44.6 Å². The Balaban J connectivity index is 1.81. The van der Waals surface area contributed by atoms with Crippen LogP contribution in [-0.4, -0.2) is 23.6 Å². The van der Waals surface area contributed by atoms with Crippen LogP contribution in [0.1, 0.15) is 53.9 Å². The van der Waals surface area contributed by atoms with Gasteiger partial charge in [0.2, 0.25) is 0 Å². The molecule has 7 nitrogen and oxygen atoms in total. The zero-order chi connectivity index (χ0) is 26.8. The predicted molar refractivity (Wildman–Crippen MR) is 136 cm³/mol. The van der Waals surface area contributed by atoms with Crippen molar-refractivity contribution in [1.29, 1.82) is 0 Å². The number of carbonyl (C=O) groups excluding carboxylic acids is 3. The van der Waals surface area contributed by atoms with Gasteiger partial charge in [0, 0.05) is 10.0 Å². The van der Waals surface area contributed by atoms with Gasteiger partial charge in [-0.2, -0.15) is 0 Å². The van der Waals surface area contributed by atoms with E-state index in [1.54, 1.807) is 45.0 Å². The molecule has 0 saturated carbocycles. The molecule has 37 heavy (non-hydrogen) atoms. The van der Waals surface area contributed by atoms with Crippen LogP contribution in [0.2, 0.25) is 0 Å². The lowest BCUT2D eigenvalue weighted by Crippen LogP contribution is -2.52. The van der Waals surface area contributed by atoms with E-state index in [4.69, 9.17) is 14.2 Å². The minimum atomic E-state index is -2.12. The van der Waals surface area contributed by atoms with Crippen molar-refractivity contribution in [3.8, 4) is 0 Å². The number of ether oxygens (including phenoxy) is 3. The zero-order valence-electron chi connectivity index (χ0n) is 20.4. The van der Waals surface area contributed by atoms with Crippen molar-refractivity contribution >= 4 is 34.0 Å². The molecule has 1 aliphatic rings. The van der Waals surface area contributed by atoms with Crippen LogP contribution >= 0.6 is 15.9 Å². The van der Waals surface area contributed by atoms with Crippen molar-refractivity contribution in [2.24, 2.45) is 0 Å². The normalized spacial score (nSPS) is 17.4. The first-order chi connectivity index (χ1) is 17.5. The lowest BCUT2D eigenvalue weighted by atomic mass is 9.81. The first kappa shape index (κ1) is 26.3. The average molecular weight is 570 g/mol. The van der Waals surface area contributed by atoms with E-state index < -0.39 is 41.1 Å². The molecule has 0 unspecified atom stereocenters. The summed E-state index contributed by atoms with van der Waals surface area (Å²) in [5, 5.41) is 2.68. The molecule has 0 radical (unpaired) electrons. The van der Waals surface area contributed by atoms with Crippen molar-refractivity contribution in [3.05, 3.63) is 105 Å². The Morgan fingerprint density at radius 3 is 2.38 bits per heavy atom. The summed E-state index contributed by atoms with van der Waals surface area (Å²) in [5.41, 5.74) is -1.69. The van der Waals surface area contributed by atoms with Crippen molar-refractivity contribution < 1.29 is 33.0 Å². The maximum absolute atomic E-state index is 13.9. The summed E-state index contributed by atoms with van der Waals surface area (Å²) in [6.07, 6.45) is -0.874. The molecular formula is C28H25BrFNO6. The van der Waals surface area contributed by atoms with Gasteiger partial charge in [-0.3, -0.25) is 0 Å². The quantitative estimate of drug-likeness (QED) is 0.291.